The summed E-state index contributed by atoms with van der Waals surface area (Å²) >= 11 is 6.77. The number of hydrogen-bond acceptors (Lipinski definition) is 1. The van der Waals surface area contributed by atoms with Crippen LogP contribution in [-0.2, 0) is 0 Å². The van der Waals surface area contributed by atoms with Crippen molar-refractivity contribution in [1.82, 2.24) is 4.98 Å². The van der Waals surface area contributed by atoms with Crippen molar-refractivity contribution in [3.8, 4) is 11.1 Å². The average molecular weight is 343 g/mol. The van der Waals surface area contributed by atoms with Gasteiger partial charge < -0.3 is 4.98 Å². The summed E-state index contributed by atoms with van der Waals surface area (Å²) < 4.78 is 1.83. The van der Waals surface area contributed by atoms with Gasteiger partial charge in [0, 0.05) is 20.7 Å². The van der Waals surface area contributed by atoms with Crippen LogP contribution in [0.25, 0.3) is 11.1 Å². The lowest BCUT2D eigenvalue weighted by atomic mass is 10.0. The molecule has 0 saturated heterocycles. The van der Waals surface area contributed by atoms with Crippen LogP contribution in [0, 0.1) is 6.92 Å². The Kier molecular flexibility index (Phi) is 3.30. The van der Waals surface area contributed by atoms with Gasteiger partial charge in [-0.1, -0.05) is 22.0 Å². The van der Waals surface area contributed by atoms with Crippen molar-refractivity contribution in [2.75, 3.05) is 0 Å². The second kappa shape index (κ2) is 4.55. The van der Waals surface area contributed by atoms with E-state index in [0.29, 0.717) is 5.56 Å². The highest BCUT2D eigenvalue weighted by atomic mass is 79.9. The smallest absolute Gasteiger partial charge is 0.255 e. The number of pyridine rings is 1. The molecular weight excluding hydrogens is 334 g/mol. The Morgan fingerprint density at radius 3 is 2.50 bits per heavy atom. The quantitative estimate of drug-likeness (QED) is 0.838. The van der Waals surface area contributed by atoms with E-state index in [4.69, 9.17) is 0 Å². The lowest BCUT2D eigenvalue weighted by Crippen LogP contribution is -2.08. The van der Waals surface area contributed by atoms with Crippen LogP contribution >= 0.6 is 31.9 Å². The van der Waals surface area contributed by atoms with Crippen molar-refractivity contribution in [3.05, 3.63) is 55.3 Å². The zero-order valence-electron chi connectivity index (χ0n) is 8.55. The minimum Gasteiger partial charge on any atom is -0.327 e. The van der Waals surface area contributed by atoms with Crippen LogP contribution in [0.4, 0.5) is 0 Å². The predicted molar refractivity (Wildman–Crippen MR) is 72.6 cm³/mol. The molecule has 1 heterocycles. The molecule has 0 aliphatic carbocycles. The summed E-state index contributed by atoms with van der Waals surface area (Å²) in [4.78, 5) is 14.4. The van der Waals surface area contributed by atoms with E-state index in [1.807, 2.05) is 31.2 Å². The molecule has 0 unspecified atom stereocenters. The molecule has 1 N–H and O–H groups in total. The molecule has 0 saturated carbocycles. The molecule has 0 radical (unpaired) electrons. The molecule has 1 aromatic carbocycles. The lowest BCUT2D eigenvalue weighted by Gasteiger charge is -2.06. The topological polar surface area (TPSA) is 32.9 Å². The number of aryl methyl sites for hydroxylation is 1. The van der Waals surface area contributed by atoms with Crippen LogP contribution in [-0.4, -0.2) is 4.98 Å². The highest BCUT2D eigenvalue weighted by Gasteiger charge is 2.07. The number of aromatic amines is 1. The Labute approximate surface area is 110 Å². The van der Waals surface area contributed by atoms with Crippen LogP contribution in [0.1, 0.15) is 5.56 Å². The molecule has 0 spiro atoms. The Balaban J connectivity index is 2.71. The molecule has 0 atom stereocenters. The molecule has 2 nitrogen and oxygen atoms in total. The van der Waals surface area contributed by atoms with Gasteiger partial charge in [-0.25, -0.2) is 0 Å². The normalized spacial score (nSPS) is 10.4. The first-order valence-electron chi connectivity index (χ1n) is 4.72. The second-order valence-corrected chi connectivity index (χ2v) is 5.35. The fourth-order valence-corrected chi connectivity index (χ4v) is 2.25. The van der Waals surface area contributed by atoms with Gasteiger partial charge in [0.05, 0.1) is 0 Å². The number of nitrogens with one attached hydrogen (secondary N) is 1. The van der Waals surface area contributed by atoms with Gasteiger partial charge in [-0.15, -0.1) is 0 Å². The largest absolute Gasteiger partial charge is 0.327 e. The van der Waals surface area contributed by atoms with E-state index < -0.39 is 0 Å². The van der Waals surface area contributed by atoms with Gasteiger partial charge in [0.2, 0.25) is 0 Å². The summed E-state index contributed by atoms with van der Waals surface area (Å²) in [5, 5.41) is 0. The molecular formula is C12H9Br2NO. The van der Waals surface area contributed by atoms with Crippen molar-refractivity contribution in [2.45, 2.75) is 6.92 Å². The van der Waals surface area contributed by atoms with Gasteiger partial charge in [0.1, 0.15) is 0 Å². The Bertz CT molecular complexity index is 590. The summed E-state index contributed by atoms with van der Waals surface area (Å²) in [6, 6.07) is 7.73. The molecule has 2 aromatic rings. The number of halogens is 2. The number of benzene rings is 1. The fourth-order valence-electron chi connectivity index (χ4n) is 1.54. The van der Waals surface area contributed by atoms with E-state index in [9.17, 15) is 4.79 Å². The molecule has 1 aromatic heterocycles. The van der Waals surface area contributed by atoms with Crippen molar-refractivity contribution in [3.63, 3.8) is 0 Å². The van der Waals surface area contributed by atoms with Crippen LogP contribution < -0.4 is 5.56 Å². The maximum atomic E-state index is 11.7. The first-order valence-corrected chi connectivity index (χ1v) is 6.31. The Morgan fingerprint density at radius 1 is 1.06 bits per heavy atom. The highest BCUT2D eigenvalue weighted by Crippen LogP contribution is 2.25. The van der Waals surface area contributed by atoms with E-state index in [0.717, 1.165) is 20.1 Å². The van der Waals surface area contributed by atoms with Crippen molar-refractivity contribution in [2.24, 2.45) is 0 Å². The number of H-pyrrole nitrogens is 1. The van der Waals surface area contributed by atoms with E-state index in [2.05, 4.69) is 36.8 Å². The third-order valence-electron chi connectivity index (χ3n) is 2.36. The van der Waals surface area contributed by atoms with Crippen LogP contribution in [0.2, 0.25) is 0 Å². The highest BCUT2D eigenvalue weighted by molar-refractivity contribution is 9.10. The molecule has 0 fully saturated rings. The molecule has 82 valence electrons. The summed E-state index contributed by atoms with van der Waals surface area (Å²) in [5.41, 5.74) is 2.61. The molecule has 0 bridgehead atoms. The van der Waals surface area contributed by atoms with Gasteiger partial charge in [-0.2, -0.15) is 0 Å². The summed E-state index contributed by atoms with van der Waals surface area (Å²) in [6.07, 6.45) is 1.64. The van der Waals surface area contributed by atoms with E-state index in [1.54, 1.807) is 6.20 Å². The van der Waals surface area contributed by atoms with Gasteiger partial charge in [-0.05, 0) is 52.2 Å². The minimum atomic E-state index is -0.0793. The maximum absolute atomic E-state index is 11.7. The van der Waals surface area contributed by atoms with Crippen LogP contribution in [0.15, 0.2) is 44.2 Å². The van der Waals surface area contributed by atoms with Gasteiger partial charge in [-0.3, -0.25) is 4.79 Å². The molecule has 0 aliphatic heterocycles. The van der Waals surface area contributed by atoms with Gasteiger partial charge >= 0.3 is 0 Å². The Hall–Kier alpha value is -0.870. The van der Waals surface area contributed by atoms with E-state index in [-0.39, 0.29) is 5.56 Å². The standard InChI is InChI=1S/C12H9Br2NO/c1-7-2-3-8(13)4-10(7)11-5-9(14)6-15-12(11)16/h2-6H,1H3,(H,15,16). The predicted octanol–water partition coefficient (Wildman–Crippen LogP) is 3.88. The monoisotopic (exact) mass is 341 g/mol. The van der Waals surface area contributed by atoms with Crippen LogP contribution in [0.3, 0.4) is 0 Å². The third kappa shape index (κ3) is 2.28. The van der Waals surface area contributed by atoms with Crippen molar-refractivity contribution < 1.29 is 0 Å². The Morgan fingerprint density at radius 2 is 1.75 bits per heavy atom. The molecule has 16 heavy (non-hydrogen) atoms. The lowest BCUT2D eigenvalue weighted by molar-refractivity contribution is 1.22. The molecule has 2 rings (SSSR count). The summed E-state index contributed by atoms with van der Waals surface area (Å²) in [5.74, 6) is 0. The zero-order chi connectivity index (χ0) is 11.7. The maximum Gasteiger partial charge on any atom is 0.255 e. The zero-order valence-corrected chi connectivity index (χ0v) is 11.7. The first-order chi connectivity index (χ1) is 7.58. The summed E-state index contributed by atoms with van der Waals surface area (Å²) in [6.45, 7) is 1.99. The fraction of sp³-hybridized carbons (Fsp3) is 0.0833. The van der Waals surface area contributed by atoms with Crippen molar-refractivity contribution in [1.29, 1.82) is 0 Å². The first kappa shape index (κ1) is 11.6. The van der Waals surface area contributed by atoms with Gasteiger partial charge in [0.15, 0.2) is 0 Å². The summed E-state index contributed by atoms with van der Waals surface area (Å²) in [7, 11) is 0. The van der Waals surface area contributed by atoms with E-state index >= 15 is 0 Å². The second-order valence-electron chi connectivity index (χ2n) is 3.52. The molecule has 0 amide bonds. The number of hydrogen-bond donors (Lipinski definition) is 1. The minimum absolute atomic E-state index is 0.0793. The molecule has 0 aliphatic rings. The van der Waals surface area contributed by atoms with Gasteiger partial charge in [0.25, 0.3) is 5.56 Å². The van der Waals surface area contributed by atoms with Crippen molar-refractivity contribution >= 4 is 31.9 Å². The van der Waals surface area contributed by atoms with Crippen LogP contribution in [0.5, 0.6) is 0 Å². The number of rotatable bonds is 1. The SMILES string of the molecule is Cc1ccc(Br)cc1-c1cc(Br)c[nH]c1=O. The number of aromatic nitrogens is 1. The average Bonchev–Trinajstić information content (AvgIpc) is 2.25. The molecule has 4 heteroatoms. The third-order valence-corrected chi connectivity index (χ3v) is 3.31. The van der Waals surface area contributed by atoms with E-state index in [1.165, 1.54) is 0 Å².